The van der Waals surface area contributed by atoms with E-state index in [4.69, 9.17) is 9.47 Å². The molecule has 4 heteroatoms. The van der Waals surface area contributed by atoms with Gasteiger partial charge in [-0.25, -0.2) is 4.79 Å². The van der Waals surface area contributed by atoms with Crippen molar-refractivity contribution in [2.75, 3.05) is 14.2 Å². The Morgan fingerprint density at radius 1 is 1.31 bits per heavy atom. The first-order chi connectivity index (χ1) is 7.51. The average molecular weight is 287 g/mol. The van der Waals surface area contributed by atoms with Gasteiger partial charge < -0.3 is 9.47 Å². The number of methoxy groups -OCH3 is 2. The fraction of sp³-hybridized carbons (Fsp3) is 0.417. The van der Waals surface area contributed by atoms with Gasteiger partial charge in [0.05, 0.1) is 18.7 Å². The summed E-state index contributed by atoms with van der Waals surface area (Å²) in [4.78, 5) is 11.6. The Morgan fingerprint density at radius 3 is 2.38 bits per heavy atom. The standard InChI is InChI=1S/C12H15BrO3/c1-7(2)8-5-9(12(14)16-4)11(15-3)10(13)6-8/h5-7H,1-4H3. The van der Waals surface area contributed by atoms with Crippen LogP contribution >= 0.6 is 15.9 Å². The third kappa shape index (κ3) is 2.55. The van der Waals surface area contributed by atoms with E-state index in [0.717, 1.165) is 10.0 Å². The lowest BCUT2D eigenvalue weighted by Gasteiger charge is -2.13. The number of carbonyl (C=O) groups is 1. The Kier molecular flexibility index (Phi) is 4.35. The second-order valence-corrected chi connectivity index (χ2v) is 4.58. The van der Waals surface area contributed by atoms with Gasteiger partial charge in [0.25, 0.3) is 0 Å². The van der Waals surface area contributed by atoms with Crippen molar-refractivity contribution in [1.29, 1.82) is 0 Å². The zero-order chi connectivity index (χ0) is 12.3. The van der Waals surface area contributed by atoms with Gasteiger partial charge in [0, 0.05) is 0 Å². The highest BCUT2D eigenvalue weighted by atomic mass is 79.9. The van der Waals surface area contributed by atoms with E-state index in [9.17, 15) is 4.79 Å². The second-order valence-electron chi connectivity index (χ2n) is 3.73. The van der Waals surface area contributed by atoms with Gasteiger partial charge in [-0.05, 0) is 39.5 Å². The van der Waals surface area contributed by atoms with Crippen molar-refractivity contribution >= 4 is 21.9 Å². The molecule has 0 amide bonds. The maximum absolute atomic E-state index is 11.6. The van der Waals surface area contributed by atoms with E-state index in [-0.39, 0.29) is 5.97 Å². The molecule has 0 unspecified atom stereocenters. The first kappa shape index (κ1) is 13.0. The molecule has 0 saturated carbocycles. The summed E-state index contributed by atoms with van der Waals surface area (Å²) in [5, 5.41) is 0. The van der Waals surface area contributed by atoms with Crippen LogP contribution in [0, 0.1) is 0 Å². The minimum atomic E-state index is -0.389. The predicted molar refractivity (Wildman–Crippen MR) is 66.1 cm³/mol. The van der Waals surface area contributed by atoms with Crippen LogP contribution in [0.1, 0.15) is 35.7 Å². The summed E-state index contributed by atoms with van der Waals surface area (Å²) in [5.74, 6) is 0.460. The minimum Gasteiger partial charge on any atom is -0.495 e. The molecule has 16 heavy (non-hydrogen) atoms. The van der Waals surface area contributed by atoms with Crippen LogP contribution in [-0.2, 0) is 4.74 Å². The zero-order valence-electron chi connectivity index (χ0n) is 9.83. The summed E-state index contributed by atoms with van der Waals surface area (Å²) in [7, 11) is 2.89. The monoisotopic (exact) mass is 286 g/mol. The molecule has 0 radical (unpaired) electrons. The van der Waals surface area contributed by atoms with Crippen LogP contribution in [0.5, 0.6) is 5.75 Å². The Labute approximate surface area is 104 Å². The summed E-state index contributed by atoms with van der Waals surface area (Å²) in [6.45, 7) is 4.13. The highest BCUT2D eigenvalue weighted by molar-refractivity contribution is 9.10. The van der Waals surface area contributed by atoms with Crippen LogP contribution in [-0.4, -0.2) is 20.2 Å². The lowest BCUT2D eigenvalue weighted by Crippen LogP contribution is -2.06. The van der Waals surface area contributed by atoms with E-state index in [0.29, 0.717) is 17.2 Å². The lowest BCUT2D eigenvalue weighted by molar-refractivity contribution is 0.0597. The number of carbonyl (C=O) groups excluding carboxylic acids is 1. The van der Waals surface area contributed by atoms with Gasteiger partial charge in [-0.15, -0.1) is 0 Å². The highest BCUT2D eigenvalue weighted by Crippen LogP contribution is 2.33. The maximum Gasteiger partial charge on any atom is 0.341 e. The Morgan fingerprint density at radius 2 is 1.94 bits per heavy atom. The number of ether oxygens (including phenoxy) is 2. The number of rotatable bonds is 3. The Hall–Kier alpha value is -1.03. The first-order valence-corrected chi connectivity index (χ1v) is 5.76. The lowest BCUT2D eigenvalue weighted by atomic mass is 10.0. The molecule has 0 spiro atoms. The molecular formula is C12H15BrO3. The van der Waals surface area contributed by atoms with E-state index >= 15 is 0 Å². The fourth-order valence-corrected chi connectivity index (χ4v) is 2.06. The molecule has 1 rings (SSSR count). The van der Waals surface area contributed by atoms with Gasteiger partial charge in [0.15, 0.2) is 0 Å². The quantitative estimate of drug-likeness (QED) is 0.800. The van der Waals surface area contributed by atoms with E-state index in [1.165, 1.54) is 14.2 Å². The summed E-state index contributed by atoms with van der Waals surface area (Å²) >= 11 is 3.39. The van der Waals surface area contributed by atoms with Gasteiger partial charge in [-0.1, -0.05) is 13.8 Å². The van der Waals surface area contributed by atoms with Gasteiger partial charge >= 0.3 is 5.97 Å². The van der Waals surface area contributed by atoms with Crippen LogP contribution < -0.4 is 4.74 Å². The Balaban J connectivity index is 3.36. The van der Waals surface area contributed by atoms with Crippen molar-refractivity contribution in [1.82, 2.24) is 0 Å². The van der Waals surface area contributed by atoms with Crippen LogP contribution in [0.4, 0.5) is 0 Å². The number of esters is 1. The first-order valence-electron chi connectivity index (χ1n) is 4.97. The van der Waals surface area contributed by atoms with E-state index in [1.807, 2.05) is 6.07 Å². The van der Waals surface area contributed by atoms with Crippen LogP contribution in [0.15, 0.2) is 16.6 Å². The van der Waals surface area contributed by atoms with Crippen molar-refractivity contribution in [3.05, 3.63) is 27.7 Å². The highest BCUT2D eigenvalue weighted by Gasteiger charge is 2.17. The maximum atomic E-state index is 11.6. The summed E-state index contributed by atoms with van der Waals surface area (Å²) in [5.41, 5.74) is 1.51. The van der Waals surface area contributed by atoms with Gasteiger partial charge in [-0.2, -0.15) is 0 Å². The van der Waals surface area contributed by atoms with E-state index in [2.05, 4.69) is 29.8 Å². The topological polar surface area (TPSA) is 35.5 Å². The third-order valence-corrected chi connectivity index (χ3v) is 2.93. The van der Waals surface area contributed by atoms with Gasteiger partial charge in [0.2, 0.25) is 0 Å². The van der Waals surface area contributed by atoms with Crippen LogP contribution in [0.2, 0.25) is 0 Å². The zero-order valence-corrected chi connectivity index (χ0v) is 11.4. The molecule has 0 aliphatic rings. The van der Waals surface area contributed by atoms with Crippen LogP contribution in [0.3, 0.4) is 0 Å². The molecule has 0 fully saturated rings. The summed E-state index contributed by atoms with van der Waals surface area (Å²) < 4.78 is 10.7. The molecule has 0 heterocycles. The molecule has 0 bridgehead atoms. The minimum absolute atomic E-state index is 0.339. The third-order valence-electron chi connectivity index (χ3n) is 2.34. The van der Waals surface area contributed by atoms with Crippen molar-refractivity contribution in [2.24, 2.45) is 0 Å². The van der Waals surface area contributed by atoms with E-state index < -0.39 is 0 Å². The molecule has 0 atom stereocenters. The van der Waals surface area contributed by atoms with Crippen molar-refractivity contribution in [3.63, 3.8) is 0 Å². The van der Waals surface area contributed by atoms with Gasteiger partial charge in [-0.3, -0.25) is 0 Å². The summed E-state index contributed by atoms with van der Waals surface area (Å²) in [6.07, 6.45) is 0. The molecule has 0 aliphatic heterocycles. The Bertz CT molecular complexity index is 399. The number of hydrogen-bond acceptors (Lipinski definition) is 3. The summed E-state index contributed by atoms with van der Waals surface area (Å²) in [6, 6.07) is 3.76. The van der Waals surface area contributed by atoms with Crippen molar-refractivity contribution in [2.45, 2.75) is 19.8 Å². The number of benzene rings is 1. The molecule has 1 aromatic rings. The number of hydrogen-bond donors (Lipinski definition) is 0. The van der Waals surface area contributed by atoms with Gasteiger partial charge in [0.1, 0.15) is 11.3 Å². The van der Waals surface area contributed by atoms with Crippen molar-refractivity contribution < 1.29 is 14.3 Å². The molecule has 1 aromatic carbocycles. The number of halogens is 1. The second kappa shape index (κ2) is 5.34. The van der Waals surface area contributed by atoms with E-state index in [1.54, 1.807) is 6.07 Å². The molecule has 88 valence electrons. The normalized spacial score (nSPS) is 10.4. The van der Waals surface area contributed by atoms with Crippen molar-refractivity contribution in [3.8, 4) is 5.75 Å². The fourth-order valence-electron chi connectivity index (χ4n) is 1.42. The largest absolute Gasteiger partial charge is 0.495 e. The molecule has 0 aromatic heterocycles. The smallest absolute Gasteiger partial charge is 0.341 e. The van der Waals surface area contributed by atoms with Crippen LogP contribution in [0.25, 0.3) is 0 Å². The predicted octanol–water partition coefficient (Wildman–Crippen LogP) is 3.37. The SMILES string of the molecule is COC(=O)c1cc(C(C)C)cc(Br)c1OC. The average Bonchev–Trinajstić information content (AvgIpc) is 2.26. The molecule has 0 aliphatic carbocycles. The molecular weight excluding hydrogens is 272 g/mol. The molecule has 3 nitrogen and oxygen atoms in total. The molecule has 0 saturated heterocycles. The molecule has 0 N–H and O–H groups in total.